The first-order valence-corrected chi connectivity index (χ1v) is 19.7. The smallest absolute Gasteiger partial charge is 0.124 e. The van der Waals surface area contributed by atoms with Crippen molar-refractivity contribution in [3.8, 4) is 33.8 Å². The van der Waals surface area contributed by atoms with Gasteiger partial charge in [0.05, 0.1) is 0 Å². The highest BCUT2D eigenvalue weighted by Crippen LogP contribution is 2.37. The number of hydrogen-bond donors (Lipinski definition) is 2. The summed E-state index contributed by atoms with van der Waals surface area (Å²) >= 11 is 0. The Kier molecular flexibility index (Phi) is 14.3. The Morgan fingerprint density at radius 1 is 0.549 bits per heavy atom. The van der Waals surface area contributed by atoms with E-state index < -0.39 is 0 Å². The van der Waals surface area contributed by atoms with E-state index in [2.05, 4.69) is 90.8 Å². The van der Waals surface area contributed by atoms with Gasteiger partial charge in [-0.3, -0.25) is 9.98 Å². The molecule has 4 aromatic carbocycles. The molecule has 0 fully saturated rings. The van der Waals surface area contributed by atoms with E-state index in [1.165, 1.54) is 79.6 Å². The molecule has 5 heteroatoms. The average Bonchev–Trinajstić information content (AvgIpc) is 3.45. The van der Waals surface area contributed by atoms with Crippen LogP contribution in [-0.2, 0) is 6.54 Å². The van der Waals surface area contributed by atoms with E-state index >= 15 is 0 Å². The molecule has 0 aliphatic heterocycles. The molecule has 0 aliphatic carbocycles. The van der Waals surface area contributed by atoms with Crippen molar-refractivity contribution in [2.75, 3.05) is 13.1 Å². The second-order valence-electron chi connectivity index (χ2n) is 14.2. The molecule has 0 aliphatic rings. The van der Waals surface area contributed by atoms with Crippen LogP contribution in [0.5, 0.6) is 11.5 Å². The Morgan fingerprint density at radius 2 is 1.00 bits per heavy atom. The summed E-state index contributed by atoms with van der Waals surface area (Å²) in [4.78, 5) is 9.26. The molecule has 0 radical (unpaired) electrons. The van der Waals surface area contributed by atoms with Crippen molar-refractivity contribution >= 4 is 34.2 Å². The number of phenolic OH excluding ortho intramolecular Hbond substituents is 2. The molecule has 5 rings (SSSR count). The van der Waals surface area contributed by atoms with Gasteiger partial charge in [0, 0.05) is 65.0 Å². The first-order chi connectivity index (χ1) is 25.0. The minimum absolute atomic E-state index is 0.255. The van der Waals surface area contributed by atoms with E-state index in [1.807, 2.05) is 24.6 Å². The normalized spacial score (nSPS) is 12.6. The van der Waals surface area contributed by atoms with Crippen LogP contribution in [0.15, 0.2) is 82.8 Å². The van der Waals surface area contributed by atoms with Crippen molar-refractivity contribution in [3.05, 3.63) is 83.9 Å². The fourth-order valence-corrected chi connectivity index (χ4v) is 7.10. The third kappa shape index (κ3) is 9.90. The number of hydrogen-bond acceptors (Lipinski definition) is 4. The van der Waals surface area contributed by atoms with Gasteiger partial charge in [-0.1, -0.05) is 110 Å². The predicted molar refractivity (Wildman–Crippen MR) is 220 cm³/mol. The lowest BCUT2D eigenvalue weighted by Crippen LogP contribution is -2.10. The highest BCUT2D eigenvalue weighted by atomic mass is 16.3. The van der Waals surface area contributed by atoms with E-state index in [9.17, 15) is 10.2 Å². The van der Waals surface area contributed by atoms with Crippen molar-refractivity contribution in [3.63, 3.8) is 0 Å². The predicted octanol–water partition coefficient (Wildman–Crippen LogP) is 12.8. The number of rotatable bonds is 20. The lowest BCUT2D eigenvalue weighted by molar-refractivity contribution is 0.401. The Labute approximate surface area is 306 Å². The molecule has 0 saturated carbocycles. The van der Waals surface area contributed by atoms with Gasteiger partial charge in [-0.15, -0.1) is 0 Å². The monoisotopic (exact) mass is 685 g/mol. The summed E-state index contributed by atoms with van der Waals surface area (Å²) in [7, 11) is 0. The molecular weight excluding hydrogens is 627 g/mol. The van der Waals surface area contributed by atoms with Crippen LogP contribution in [0.2, 0.25) is 0 Å². The lowest BCUT2D eigenvalue weighted by atomic mass is 9.98. The highest BCUT2D eigenvalue weighted by Gasteiger charge is 2.17. The number of fused-ring (bicyclic) bond motifs is 3. The van der Waals surface area contributed by atoms with Crippen molar-refractivity contribution < 1.29 is 10.2 Å². The zero-order valence-corrected chi connectivity index (χ0v) is 31.5. The molecule has 51 heavy (non-hydrogen) atoms. The highest BCUT2D eigenvalue weighted by molar-refractivity contribution is 6.10. The fraction of sp³-hybridized carbons (Fsp3) is 0.435. The van der Waals surface area contributed by atoms with Gasteiger partial charge in [0.1, 0.15) is 11.5 Å². The summed E-state index contributed by atoms with van der Waals surface area (Å²) in [5.41, 5.74) is 8.35. The Hall–Kier alpha value is -4.38. The molecule has 1 unspecified atom stereocenters. The maximum atomic E-state index is 10.7. The third-order valence-corrected chi connectivity index (χ3v) is 10.3. The Morgan fingerprint density at radius 3 is 1.45 bits per heavy atom. The zero-order chi connectivity index (χ0) is 36.0. The summed E-state index contributed by atoms with van der Waals surface area (Å²) in [5, 5.41) is 23.8. The van der Waals surface area contributed by atoms with Gasteiger partial charge in [0.25, 0.3) is 0 Å². The summed E-state index contributed by atoms with van der Waals surface area (Å²) in [6.45, 7) is 11.6. The number of phenols is 2. The minimum Gasteiger partial charge on any atom is -0.507 e. The van der Waals surface area contributed by atoms with Gasteiger partial charge in [-0.2, -0.15) is 0 Å². The van der Waals surface area contributed by atoms with E-state index in [1.54, 1.807) is 12.1 Å². The lowest BCUT2D eigenvalue weighted by Gasteiger charge is -2.17. The van der Waals surface area contributed by atoms with E-state index in [-0.39, 0.29) is 11.5 Å². The molecule has 0 spiro atoms. The summed E-state index contributed by atoms with van der Waals surface area (Å²) in [5.74, 6) is 1.13. The van der Waals surface area contributed by atoms with Gasteiger partial charge >= 0.3 is 0 Å². The molecule has 5 nitrogen and oxygen atoms in total. The molecular formula is C46H59N3O2. The maximum Gasteiger partial charge on any atom is 0.124 e. The third-order valence-electron chi connectivity index (χ3n) is 10.3. The van der Waals surface area contributed by atoms with Crippen LogP contribution in [-0.4, -0.2) is 40.3 Å². The molecule has 5 aromatic rings. The molecule has 270 valence electrons. The number of benzene rings is 4. The first-order valence-electron chi connectivity index (χ1n) is 19.7. The van der Waals surface area contributed by atoms with Gasteiger partial charge in [0.15, 0.2) is 0 Å². The molecule has 1 atom stereocenters. The standard InChI is InChI=1S/C46H59N3O2/c1-5-9-12-14-25-47-31-39-27-35(19-23-45(39)50)37-17-21-43-41(29-37)42-30-38(18-22-44(42)49(43)33-34(8-4)16-11-7-3)36-20-24-46(51)40(28-36)32-48-26-15-13-10-6-2/h17-24,27-32,34,50-51H,5-16,25-26,33H2,1-4H3. The minimum atomic E-state index is 0.255. The SMILES string of the molecule is CCCCCCN=Cc1cc(-c2ccc3c(c2)c2cc(-c4ccc(O)c(C=NCCCCCC)c4)ccc2n3CC(CC)CCCC)ccc1O. The topological polar surface area (TPSA) is 70.1 Å². The van der Waals surface area contributed by atoms with Gasteiger partial charge in [-0.05, 0) is 96.0 Å². The summed E-state index contributed by atoms with van der Waals surface area (Å²) < 4.78 is 2.53. The number of aromatic hydroxyl groups is 2. The van der Waals surface area contributed by atoms with Crippen LogP contribution < -0.4 is 0 Å². The van der Waals surface area contributed by atoms with Crippen LogP contribution in [0.4, 0.5) is 0 Å². The Bertz CT molecular complexity index is 1790. The van der Waals surface area contributed by atoms with Gasteiger partial charge in [0.2, 0.25) is 0 Å². The van der Waals surface area contributed by atoms with Gasteiger partial charge < -0.3 is 14.8 Å². The number of aliphatic imine (C=N–C) groups is 2. The number of nitrogens with zero attached hydrogens (tertiary/aromatic N) is 3. The van der Waals surface area contributed by atoms with Crippen LogP contribution >= 0.6 is 0 Å². The second kappa shape index (κ2) is 19.3. The molecule has 1 aromatic heterocycles. The molecule has 0 bridgehead atoms. The van der Waals surface area contributed by atoms with Crippen LogP contribution in [0.3, 0.4) is 0 Å². The van der Waals surface area contributed by atoms with Gasteiger partial charge in [-0.25, -0.2) is 0 Å². The van der Waals surface area contributed by atoms with Crippen molar-refractivity contribution in [2.45, 2.75) is 111 Å². The summed E-state index contributed by atoms with van der Waals surface area (Å²) in [6, 6.07) is 25.3. The van der Waals surface area contributed by atoms with E-state index in [0.717, 1.165) is 72.3 Å². The fourth-order valence-electron chi connectivity index (χ4n) is 7.10. The van der Waals surface area contributed by atoms with Crippen LogP contribution in [0, 0.1) is 5.92 Å². The van der Waals surface area contributed by atoms with Crippen molar-refractivity contribution in [1.29, 1.82) is 0 Å². The van der Waals surface area contributed by atoms with E-state index in [0.29, 0.717) is 5.92 Å². The largest absolute Gasteiger partial charge is 0.507 e. The molecule has 1 heterocycles. The average molecular weight is 686 g/mol. The van der Waals surface area contributed by atoms with Crippen molar-refractivity contribution in [1.82, 2.24) is 4.57 Å². The Balaban J connectivity index is 1.54. The number of unbranched alkanes of at least 4 members (excludes halogenated alkanes) is 7. The molecule has 2 N–H and O–H groups in total. The molecule has 0 amide bonds. The summed E-state index contributed by atoms with van der Waals surface area (Å²) in [6.07, 6.45) is 17.9. The number of aromatic nitrogens is 1. The maximum absolute atomic E-state index is 10.7. The van der Waals surface area contributed by atoms with Crippen LogP contribution in [0.1, 0.15) is 116 Å². The van der Waals surface area contributed by atoms with E-state index in [4.69, 9.17) is 0 Å². The molecule has 0 saturated heterocycles. The zero-order valence-electron chi connectivity index (χ0n) is 31.5. The quantitative estimate of drug-likeness (QED) is 0.0632. The second-order valence-corrected chi connectivity index (χ2v) is 14.2. The van der Waals surface area contributed by atoms with Crippen LogP contribution in [0.25, 0.3) is 44.1 Å². The first kappa shape index (κ1) is 37.9. The van der Waals surface area contributed by atoms with Crippen molar-refractivity contribution in [2.24, 2.45) is 15.9 Å².